The first-order valence-corrected chi connectivity index (χ1v) is 4.82. The average molecular weight is 176 g/mol. The molecule has 0 aromatic rings. The average Bonchev–Trinajstić information content (AvgIpc) is 2.17. The Hall–Kier alpha value is -1.03. The Morgan fingerprint density at radius 2 is 2.38 bits per heavy atom. The van der Waals surface area contributed by atoms with Gasteiger partial charge in [-0.15, -0.1) is 18.4 Å². The molecule has 0 aromatic heterocycles. The Morgan fingerprint density at radius 1 is 1.62 bits per heavy atom. The second-order valence-corrected chi connectivity index (χ2v) is 3.59. The van der Waals surface area contributed by atoms with E-state index in [2.05, 4.69) is 18.4 Å². The molecule has 1 aliphatic carbocycles. The molecule has 1 saturated carbocycles. The molecule has 0 spiro atoms. The molecule has 1 heteroatoms. The first-order chi connectivity index (χ1) is 6.25. The van der Waals surface area contributed by atoms with Crippen molar-refractivity contribution < 1.29 is 4.79 Å². The topological polar surface area (TPSA) is 17.1 Å². The number of ketones is 1. The van der Waals surface area contributed by atoms with Crippen LogP contribution in [0, 0.1) is 17.3 Å². The van der Waals surface area contributed by atoms with E-state index in [0.717, 1.165) is 19.3 Å². The van der Waals surface area contributed by atoms with Crippen LogP contribution in [-0.4, -0.2) is 5.78 Å². The van der Waals surface area contributed by atoms with E-state index in [0.29, 0.717) is 18.6 Å². The summed E-state index contributed by atoms with van der Waals surface area (Å²) in [5.41, 5.74) is -0.318. The van der Waals surface area contributed by atoms with Gasteiger partial charge in [0, 0.05) is 12.8 Å². The van der Waals surface area contributed by atoms with Crippen LogP contribution in [0.3, 0.4) is 0 Å². The van der Waals surface area contributed by atoms with E-state index < -0.39 is 0 Å². The summed E-state index contributed by atoms with van der Waals surface area (Å²) < 4.78 is 0. The molecular weight excluding hydrogens is 160 g/mol. The Labute approximate surface area is 80.2 Å². The summed E-state index contributed by atoms with van der Waals surface area (Å²) in [6.45, 7) is 5.58. The number of rotatable bonds is 2. The smallest absolute Gasteiger partial charge is 0.143 e. The molecule has 13 heavy (non-hydrogen) atoms. The van der Waals surface area contributed by atoms with Gasteiger partial charge < -0.3 is 0 Å². The minimum atomic E-state index is -0.318. The van der Waals surface area contributed by atoms with Crippen LogP contribution in [0.5, 0.6) is 0 Å². The van der Waals surface area contributed by atoms with Crippen LogP contribution in [0.15, 0.2) is 12.7 Å². The van der Waals surface area contributed by atoms with Gasteiger partial charge in [0.05, 0.1) is 5.41 Å². The lowest BCUT2D eigenvalue weighted by atomic mass is 9.71. The lowest BCUT2D eigenvalue weighted by Crippen LogP contribution is -2.31. The van der Waals surface area contributed by atoms with Gasteiger partial charge in [0.2, 0.25) is 0 Å². The largest absolute Gasteiger partial charge is 0.299 e. The maximum atomic E-state index is 11.7. The van der Waals surface area contributed by atoms with Gasteiger partial charge in [0.15, 0.2) is 0 Å². The molecular formula is C12H16O. The van der Waals surface area contributed by atoms with Crippen molar-refractivity contribution in [2.24, 2.45) is 5.41 Å². The quantitative estimate of drug-likeness (QED) is 0.467. The lowest BCUT2D eigenvalue weighted by Gasteiger charge is -2.30. The number of carbonyl (C=O) groups is 1. The molecule has 0 heterocycles. The van der Waals surface area contributed by atoms with Crippen LogP contribution in [0.1, 0.15) is 39.0 Å². The maximum Gasteiger partial charge on any atom is 0.143 e. The third kappa shape index (κ3) is 2.01. The molecule has 70 valence electrons. The van der Waals surface area contributed by atoms with Crippen molar-refractivity contribution in [3.63, 3.8) is 0 Å². The van der Waals surface area contributed by atoms with Crippen molar-refractivity contribution in [1.29, 1.82) is 0 Å². The first-order valence-electron chi connectivity index (χ1n) is 4.82. The predicted molar refractivity (Wildman–Crippen MR) is 54.2 cm³/mol. The van der Waals surface area contributed by atoms with Gasteiger partial charge >= 0.3 is 0 Å². The monoisotopic (exact) mass is 176 g/mol. The van der Waals surface area contributed by atoms with Crippen LogP contribution in [0.25, 0.3) is 0 Å². The zero-order valence-electron chi connectivity index (χ0n) is 8.23. The third-order valence-electron chi connectivity index (χ3n) is 2.80. The number of carbonyl (C=O) groups excluding carboxylic acids is 1. The molecule has 0 N–H and O–H groups in total. The van der Waals surface area contributed by atoms with Crippen LogP contribution < -0.4 is 0 Å². The van der Waals surface area contributed by atoms with E-state index in [9.17, 15) is 4.79 Å². The highest BCUT2D eigenvalue weighted by atomic mass is 16.1. The molecule has 0 amide bonds. The fraction of sp³-hybridized carbons (Fsp3) is 0.583. The van der Waals surface area contributed by atoms with Crippen molar-refractivity contribution >= 4 is 5.78 Å². The summed E-state index contributed by atoms with van der Waals surface area (Å²) in [6.07, 6.45) is 6.27. The Morgan fingerprint density at radius 3 is 2.92 bits per heavy atom. The molecule has 1 nitrogen and oxygen atoms in total. The second-order valence-electron chi connectivity index (χ2n) is 3.59. The lowest BCUT2D eigenvalue weighted by molar-refractivity contribution is -0.128. The van der Waals surface area contributed by atoms with E-state index in [4.69, 9.17) is 0 Å². The second kappa shape index (κ2) is 4.28. The van der Waals surface area contributed by atoms with Crippen molar-refractivity contribution in [1.82, 2.24) is 0 Å². The molecule has 0 aliphatic heterocycles. The number of hydrogen-bond acceptors (Lipinski definition) is 1. The van der Waals surface area contributed by atoms with E-state index in [1.54, 1.807) is 6.08 Å². The van der Waals surface area contributed by atoms with Gasteiger partial charge in [0.25, 0.3) is 0 Å². The zero-order valence-corrected chi connectivity index (χ0v) is 8.23. The predicted octanol–water partition coefficient (Wildman–Crippen LogP) is 2.72. The van der Waals surface area contributed by atoms with E-state index in [1.165, 1.54) is 0 Å². The van der Waals surface area contributed by atoms with Crippen LogP contribution in [0.4, 0.5) is 0 Å². The van der Waals surface area contributed by atoms with Gasteiger partial charge in [-0.2, -0.15) is 0 Å². The maximum absolute atomic E-state index is 11.7. The SMILES string of the molecule is C=CC1(CC#CC)CCCCC1=O. The van der Waals surface area contributed by atoms with Gasteiger partial charge in [-0.25, -0.2) is 0 Å². The minimum absolute atomic E-state index is 0.318. The van der Waals surface area contributed by atoms with Crippen molar-refractivity contribution in [2.75, 3.05) is 0 Å². The third-order valence-corrected chi connectivity index (χ3v) is 2.80. The van der Waals surface area contributed by atoms with Gasteiger partial charge in [-0.1, -0.05) is 12.5 Å². The highest BCUT2D eigenvalue weighted by Gasteiger charge is 2.35. The van der Waals surface area contributed by atoms with E-state index >= 15 is 0 Å². The van der Waals surface area contributed by atoms with Crippen LogP contribution >= 0.6 is 0 Å². The van der Waals surface area contributed by atoms with E-state index in [1.807, 2.05) is 6.92 Å². The van der Waals surface area contributed by atoms with Gasteiger partial charge in [0.1, 0.15) is 5.78 Å². The molecule has 0 radical (unpaired) electrons. The Balaban J connectivity index is 2.79. The number of allylic oxidation sites excluding steroid dienone is 1. The number of Topliss-reactive ketones (excluding diaryl/α,β-unsaturated/α-hetero) is 1. The minimum Gasteiger partial charge on any atom is -0.299 e. The van der Waals surface area contributed by atoms with E-state index in [-0.39, 0.29) is 5.41 Å². The molecule has 0 saturated heterocycles. The summed E-state index contributed by atoms with van der Waals surface area (Å²) in [5, 5.41) is 0. The van der Waals surface area contributed by atoms with Crippen molar-refractivity contribution in [3.05, 3.63) is 12.7 Å². The highest BCUT2D eigenvalue weighted by molar-refractivity contribution is 5.87. The van der Waals surface area contributed by atoms with Crippen molar-refractivity contribution in [3.8, 4) is 11.8 Å². The first kappa shape index (κ1) is 10.1. The fourth-order valence-corrected chi connectivity index (χ4v) is 1.84. The van der Waals surface area contributed by atoms with Crippen molar-refractivity contribution in [2.45, 2.75) is 39.0 Å². The molecule has 1 unspecified atom stereocenters. The summed E-state index contributed by atoms with van der Waals surface area (Å²) >= 11 is 0. The molecule has 1 rings (SSSR count). The van der Waals surface area contributed by atoms with Crippen LogP contribution in [0.2, 0.25) is 0 Å². The Bertz CT molecular complexity index is 267. The summed E-state index contributed by atoms with van der Waals surface area (Å²) in [7, 11) is 0. The molecule has 0 aromatic carbocycles. The molecule has 1 fully saturated rings. The van der Waals surface area contributed by atoms with Gasteiger partial charge in [-0.3, -0.25) is 4.79 Å². The summed E-state index contributed by atoms with van der Waals surface area (Å²) in [6, 6.07) is 0. The normalized spacial score (nSPS) is 27.6. The zero-order chi connectivity index (χ0) is 9.73. The fourth-order valence-electron chi connectivity index (χ4n) is 1.84. The standard InChI is InChI=1S/C12H16O/c1-3-5-9-12(4-2)10-7-6-8-11(12)13/h4H,2,6-10H2,1H3. The Kier molecular flexibility index (Phi) is 3.31. The highest BCUT2D eigenvalue weighted by Crippen LogP contribution is 2.37. The molecule has 0 bridgehead atoms. The molecule has 1 atom stereocenters. The summed E-state index contributed by atoms with van der Waals surface area (Å²) in [4.78, 5) is 11.7. The molecule has 1 aliphatic rings. The van der Waals surface area contributed by atoms with Crippen LogP contribution in [-0.2, 0) is 4.79 Å². The summed E-state index contributed by atoms with van der Waals surface area (Å²) in [5.74, 6) is 6.17. The van der Waals surface area contributed by atoms with Gasteiger partial charge in [-0.05, 0) is 19.8 Å². The number of hydrogen-bond donors (Lipinski definition) is 0.